The number of rotatable bonds is 5. The van der Waals surface area contributed by atoms with E-state index in [4.69, 9.17) is 10.3 Å². The van der Waals surface area contributed by atoms with E-state index in [1.807, 2.05) is 0 Å². The van der Waals surface area contributed by atoms with E-state index in [1.165, 1.54) is 59.7 Å². The first-order chi connectivity index (χ1) is 30.3. The lowest BCUT2D eigenvalue weighted by atomic mass is 9.97. The topological polar surface area (TPSA) is 36.3 Å². The minimum atomic E-state index is -0.524. The standard InChI is InChI=1S/C56H35N4S/c1-4-15-35(16-5-1)46-34-61-55-52(38-19-6-2-7-20-38)57-56(58-53(46)55)60-47-30-29-39(33-45(47)51-42-24-13-11-18-37(42)28-32-49(51)60)43-25-14-26-44-50-41-23-12-10-17-36(41)27-31-48(50)59(54(43)44)40-21-8-3-9-22-40/h1-34,56H/q-1. The minimum absolute atomic E-state index is 0.524. The average molecular weight is 796 g/mol. The molecule has 0 saturated heterocycles. The Labute approximate surface area is 355 Å². The van der Waals surface area contributed by atoms with Crippen LogP contribution in [0.15, 0.2) is 211 Å². The summed E-state index contributed by atoms with van der Waals surface area (Å²) in [5.41, 5.74) is 12.5. The van der Waals surface area contributed by atoms with E-state index in [0.717, 1.165) is 54.6 Å². The Hall–Kier alpha value is -7.73. The highest BCUT2D eigenvalue weighted by Crippen LogP contribution is 2.45. The summed E-state index contributed by atoms with van der Waals surface area (Å²) in [5, 5.41) is 18.6. The van der Waals surface area contributed by atoms with Gasteiger partial charge >= 0.3 is 0 Å². The number of thiophene rings is 1. The maximum atomic E-state index is 5.58. The fourth-order valence-corrected chi connectivity index (χ4v) is 10.9. The molecule has 0 N–H and O–H groups in total. The molecule has 4 nitrogen and oxygen atoms in total. The van der Waals surface area contributed by atoms with Crippen molar-refractivity contribution in [1.82, 2.24) is 9.13 Å². The maximum Gasteiger partial charge on any atom is 0.0826 e. The predicted molar refractivity (Wildman–Crippen MR) is 256 cm³/mol. The smallest absolute Gasteiger partial charge is 0.0826 e. The Bertz CT molecular complexity index is 3840. The summed E-state index contributed by atoms with van der Waals surface area (Å²) in [5.74, 6) is 0. The summed E-state index contributed by atoms with van der Waals surface area (Å²) >= 11 is 1.72. The zero-order valence-electron chi connectivity index (χ0n) is 32.9. The molecule has 0 bridgehead atoms. The Morgan fingerprint density at radius 3 is 1.80 bits per heavy atom. The van der Waals surface area contributed by atoms with Crippen molar-refractivity contribution < 1.29 is 0 Å². The first kappa shape index (κ1) is 34.2. The van der Waals surface area contributed by atoms with Crippen LogP contribution in [0.1, 0.15) is 11.9 Å². The van der Waals surface area contributed by atoms with Gasteiger partial charge in [-0.05, 0) is 74.6 Å². The summed E-state index contributed by atoms with van der Waals surface area (Å²) in [6.07, 6.45) is -0.524. The fourth-order valence-electron chi connectivity index (χ4n) is 9.86. The lowest BCUT2D eigenvalue weighted by Gasteiger charge is -2.37. The van der Waals surface area contributed by atoms with Crippen molar-refractivity contribution >= 4 is 82.2 Å². The van der Waals surface area contributed by atoms with E-state index in [-0.39, 0.29) is 0 Å². The van der Waals surface area contributed by atoms with Crippen molar-refractivity contribution in [1.29, 1.82) is 0 Å². The Kier molecular flexibility index (Phi) is 7.50. The molecule has 0 saturated carbocycles. The van der Waals surface area contributed by atoms with Crippen molar-refractivity contribution in [3.8, 4) is 27.9 Å². The van der Waals surface area contributed by atoms with Crippen LogP contribution in [0.25, 0.3) is 104 Å². The molecule has 1 atom stereocenters. The van der Waals surface area contributed by atoms with Crippen LogP contribution in [0.3, 0.4) is 0 Å². The predicted octanol–water partition coefficient (Wildman–Crippen LogP) is 13.9. The minimum Gasteiger partial charge on any atom is -0.644 e. The third-order valence-electron chi connectivity index (χ3n) is 12.5. The molecule has 12 aromatic rings. The molecule has 1 aliphatic heterocycles. The summed E-state index contributed by atoms with van der Waals surface area (Å²) in [4.78, 5) is 5.58. The molecule has 0 fully saturated rings. The van der Waals surface area contributed by atoms with Crippen molar-refractivity contribution in [3.63, 3.8) is 0 Å². The molecule has 286 valence electrons. The quantitative estimate of drug-likeness (QED) is 0.166. The van der Waals surface area contributed by atoms with Crippen LogP contribution >= 0.6 is 11.3 Å². The molecule has 1 unspecified atom stereocenters. The first-order valence-electron chi connectivity index (χ1n) is 20.8. The second-order valence-electron chi connectivity index (χ2n) is 15.8. The molecule has 5 heteroatoms. The highest BCUT2D eigenvalue weighted by molar-refractivity contribution is 7.08. The maximum absolute atomic E-state index is 5.58. The normalized spacial score (nSPS) is 14.0. The van der Waals surface area contributed by atoms with Crippen molar-refractivity contribution in [2.75, 3.05) is 0 Å². The molecule has 0 radical (unpaired) electrons. The van der Waals surface area contributed by atoms with Gasteiger partial charge in [-0.25, -0.2) is 0 Å². The van der Waals surface area contributed by atoms with Gasteiger partial charge in [-0.3, -0.25) is 4.99 Å². The molecule has 61 heavy (non-hydrogen) atoms. The Morgan fingerprint density at radius 1 is 0.459 bits per heavy atom. The third-order valence-corrected chi connectivity index (χ3v) is 13.5. The molecular formula is C56H35N4S-. The van der Waals surface area contributed by atoms with Crippen molar-refractivity contribution in [3.05, 3.63) is 226 Å². The van der Waals surface area contributed by atoms with Gasteiger partial charge in [0.1, 0.15) is 0 Å². The Morgan fingerprint density at radius 2 is 1.07 bits per heavy atom. The molecule has 3 aromatic heterocycles. The SMILES string of the molecule is c1ccc(C2=c3scc(-c4ccccc4)c3=NC(n3c4ccc(-c5cccc6c7c8ccccc8ccc7n(-c7ccccc7)c56)cc4c4c5ccccc5ccc43)[N-]2)cc1. The summed E-state index contributed by atoms with van der Waals surface area (Å²) in [6.45, 7) is 0. The highest BCUT2D eigenvalue weighted by Gasteiger charge is 2.22. The second-order valence-corrected chi connectivity index (χ2v) is 16.7. The number of para-hydroxylation sites is 2. The molecule has 1 aliphatic rings. The van der Waals surface area contributed by atoms with E-state index in [1.54, 1.807) is 11.3 Å². The molecule has 0 spiro atoms. The second kappa shape index (κ2) is 13.4. The lowest BCUT2D eigenvalue weighted by Crippen LogP contribution is -2.30. The van der Waals surface area contributed by atoms with Crippen molar-refractivity contribution in [2.24, 2.45) is 4.99 Å². The van der Waals surface area contributed by atoms with Crippen LogP contribution in [0.5, 0.6) is 0 Å². The summed E-state index contributed by atoms with van der Waals surface area (Å²) < 4.78 is 5.93. The lowest BCUT2D eigenvalue weighted by molar-refractivity contribution is 0.637. The van der Waals surface area contributed by atoms with E-state index < -0.39 is 6.29 Å². The van der Waals surface area contributed by atoms with Gasteiger partial charge < -0.3 is 14.5 Å². The first-order valence-corrected chi connectivity index (χ1v) is 21.6. The number of hydrogen-bond acceptors (Lipinski definition) is 2. The molecule has 9 aromatic carbocycles. The largest absolute Gasteiger partial charge is 0.644 e. The number of nitrogens with zero attached hydrogens (tertiary/aromatic N) is 4. The van der Waals surface area contributed by atoms with Gasteiger partial charge in [0.05, 0.1) is 28.2 Å². The Balaban J connectivity index is 1.10. The van der Waals surface area contributed by atoms with Crippen LogP contribution < -0.4 is 9.89 Å². The van der Waals surface area contributed by atoms with Crippen LogP contribution in [0.2, 0.25) is 0 Å². The zero-order chi connectivity index (χ0) is 40.0. The van der Waals surface area contributed by atoms with E-state index in [0.29, 0.717) is 0 Å². The molecule has 0 amide bonds. The molecule has 13 rings (SSSR count). The van der Waals surface area contributed by atoms with Gasteiger partial charge in [0.25, 0.3) is 0 Å². The highest BCUT2D eigenvalue weighted by atomic mass is 32.1. The molecule has 4 heterocycles. The van der Waals surface area contributed by atoms with E-state index in [9.17, 15) is 0 Å². The van der Waals surface area contributed by atoms with Gasteiger partial charge in [-0.2, -0.15) is 0 Å². The van der Waals surface area contributed by atoms with Crippen LogP contribution in [0, 0.1) is 0 Å². The summed E-state index contributed by atoms with van der Waals surface area (Å²) in [6, 6.07) is 72.4. The van der Waals surface area contributed by atoms with Gasteiger partial charge in [0.15, 0.2) is 0 Å². The van der Waals surface area contributed by atoms with E-state index in [2.05, 4.69) is 215 Å². The van der Waals surface area contributed by atoms with Crippen molar-refractivity contribution in [2.45, 2.75) is 6.29 Å². The third kappa shape index (κ3) is 5.14. The van der Waals surface area contributed by atoms with Gasteiger partial charge in [0, 0.05) is 53.8 Å². The molecular weight excluding hydrogens is 761 g/mol. The number of benzene rings is 9. The van der Waals surface area contributed by atoms with Crippen LogP contribution in [-0.2, 0) is 0 Å². The molecule has 0 aliphatic carbocycles. The number of aromatic nitrogens is 2. The number of fused-ring (bicyclic) bond motifs is 11. The monoisotopic (exact) mass is 795 g/mol. The van der Waals surface area contributed by atoms with Gasteiger partial charge in [0.2, 0.25) is 0 Å². The van der Waals surface area contributed by atoms with Gasteiger partial charge in [-0.1, -0.05) is 164 Å². The van der Waals surface area contributed by atoms with Gasteiger partial charge in [-0.15, -0.1) is 17.0 Å². The van der Waals surface area contributed by atoms with Crippen LogP contribution in [-0.4, -0.2) is 9.13 Å². The fraction of sp³-hybridized carbons (Fsp3) is 0.0179. The zero-order valence-corrected chi connectivity index (χ0v) is 33.7. The van der Waals surface area contributed by atoms with E-state index >= 15 is 0 Å². The number of hydrogen-bond donors (Lipinski definition) is 0. The van der Waals surface area contributed by atoms with Crippen LogP contribution in [0.4, 0.5) is 0 Å². The average Bonchev–Trinajstić information content (AvgIpc) is 4.02. The summed E-state index contributed by atoms with van der Waals surface area (Å²) in [7, 11) is 0.